The van der Waals surface area contributed by atoms with Gasteiger partial charge in [0.1, 0.15) is 0 Å². The molecule has 4 nitrogen and oxygen atoms in total. The van der Waals surface area contributed by atoms with E-state index in [2.05, 4.69) is 9.97 Å². The number of methoxy groups -OCH3 is 1. The van der Waals surface area contributed by atoms with Crippen molar-refractivity contribution in [2.24, 2.45) is 0 Å². The van der Waals surface area contributed by atoms with Crippen molar-refractivity contribution in [2.75, 3.05) is 7.11 Å². The van der Waals surface area contributed by atoms with E-state index in [4.69, 9.17) is 4.74 Å². The summed E-state index contributed by atoms with van der Waals surface area (Å²) in [5, 5.41) is 0. The Morgan fingerprint density at radius 2 is 2.08 bits per heavy atom. The second-order valence-corrected chi connectivity index (χ2v) is 1.88. The molecule has 12 heavy (non-hydrogen) atoms. The summed E-state index contributed by atoms with van der Waals surface area (Å²) in [5.41, 5.74) is 0.348. The number of nitrogens with zero attached hydrogens (tertiary/aromatic N) is 1. The molecule has 0 bridgehead atoms. The minimum absolute atomic E-state index is 0.349. The van der Waals surface area contributed by atoms with Crippen molar-refractivity contribution in [3.05, 3.63) is 22.4 Å². The Morgan fingerprint density at radius 1 is 1.50 bits per heavy atom. The summed E-state index contributed by atoms with van der Waals surface area (Å²) in [6, 6.07) is 0. The number of aromatic amines is 1. The summed E-state index contributed by atoms with van der Waals surface area (Å²) in [5.74, 6) is 0.597. The summed E-state index contributed by atoms with van der Waals surface area (Å²) < 4.78 is 4.87. The number of aryl methyl sites for hydroxylation is 1. The first-order chi connectivity index (χ1) is 5.74. The van der Waals surface area contributed by atoms with Crippen molar-refractivity contribution in [3.8, 4) is 5.75 Å². The van der Waals surface area contributed by atoms with Crippen LogP contribution in [0.25, 0.3) is 0 Å². The number of aromatic nitrogens is 2. The second-order valence-electron chi connectivity index (χ2n) is 1.88. The van der Waals surface area contributed by atoms with Crippen molar-refractivity contribution in [2.45, 2.75) is 20.8 Å². The highest BCUT2D eigenvalue weighted by Gasteiger charge is 1.96. The quantitative estimate of drug-likeness (QED) is 0.687. The highest BCUT2D eigenvalue weighted by atomic mass is 16.5. The zero-order chi connectivity index (χ0) is 9.56. The van der Waals surface area contributed by atoms with Gasteiger partial charge in [0.05, 0.1) is 19.0 Å². The Bertz CT molecular complexity index is 281. The first-order valence-corrected chi connectivity index (χ1v) is 3.84. The van der Waals surface area contributed by atoms with E-state index in [1.54, 1.807) is 6.92 Å². The maximum absolute atomic E-state index is 10.5. The second kappa shape index (κ2) is 5.35. The zero-order valence-corrected chi connectivity index (χ0v) is 7.84. The van der Waals surface area contributed by atoms with Crippen molar-refractivity contribution >= 4 is 0 Å². The SMILES string of the molecule is CC.COc1cnc(=O)[nH]c1C. The highest BCUT2D eigenvalue weighted by Crippen LogP contribution is 2.08. The Hall–Kier alpha value is -1.32. The average molecular weight is 170 g/mol. The van der Waals surface area contributed by atoms with Gasteiger partial charge < -0.3 is 9.72 Å². The molecule has 0 atom stereocenters. The van der Waals surface area contributed by atoms with E-state index >= 15 is 0 Å². The van der Waals surface area contributed by atoms with Crippen molar-refractivity contribution < 1.29 is 4.74 Å². The van der Waals surface area contributed by atoms with Gasteiger partial charge in [-0.25, -0.2) is 4.79 Å². The number of hydrogen-bond donors (Lipinski definition) is 1. The number of hydrogen-bond acceptors (Lipinski definition) is 3. The van der Waals surface area contributed by atoms with Crippen molar-refractivity contribution in [3.63, 3.8) is 0 Å². The lowest BCUT2D eigenvalue weighted by Crippen LogP contribution is -2.11. The number of rotatable bonds is 1. The zero-order valence-electron chi connectivity index (χ0n) is 7.84. The molecule has 1 rings (SSSR count). The van der Waals surface area contributed by atoms with Crippen LogP contribution in [0.4, 0.5) is 0 Å². The molecule has 0 unspecified atom stereocenters. The van der Waals surface area contributed by atoms with E-state index in [1.165, 1.54) is 13.3 Å². The van der Waals surface area contributed by atoms with Crippen LogP contribution in [0.3, 0.4) is 0 Å². The largest absolute Gasteiger partial charge is 0.493 e. The maximum atomic E-state index is 10.5. The van der Waals surface area contributed by atoms with Gasteiger partial charge in [-0.1, -0.05) is 13.8 Å². The average Bonchev–Trinajstić information content (AvgIpc) is 2.08. The van der Waals surface area contributed by atoms with E-state index < -0.39 is 0 Å². The van der Waals surface area contributed by atoms with Gasteiger partial charge in [0.2, 0.25) is 0 Å². The van der Waals surface area contributed by atoms with Crippen LogP contribution in [0, 0.1) is 6.92 Å². The number of ether oxygens (including phenoxy) is 1. The van der Waals surface area contributed by atoms with Crippen LogP contribution in [0.5, 0.6) is 5.75 Å². The molecule has 1 aromatic heterocycles. The molecule has 4 heteroatoms. The predicted molar refractivity (Wildman–Crippen MR) is 47.5 cm³/mol. The Kier molecular flexibility index (Phi) is 4.76. The van der Waals surface area contributed by atoms with Gasteiger partial charge in [-0.2, -0.15) is 4.98 Å². The lowest BCUT2D eigenvalue weighted by atomic mass is 10.4. The van der Waals surface area contributed by atoms with Crippen LogP contribution < -0.4 is 10.4 Å². The standard InChI is InChI=1S/C6H8N2O2.C2H6/c1-4-5(10-2)3-7-6(9)8-4;1-2/h3H,1-2H3,(H,7,8,9);1-2H3. The van der Waals surface area contributed by atoms with Crippen LogP contribution in [-0.2, 0) is 0 Å². The summed E-state index contributed by atoms with van der Waals surface area (Å²) in [7, 11) is 1.53. The van der Waals surface area contributed by atoms with Crippen molar-refractivity contribution in [1.82, 2.24) is 9.97 Å². The van der Waals surface area contributed by atoms with E-state index in [-0.39, 0.29) is 5.69 Å². The summed E-state index contributed by atoms with van der Waals surface area (Å²) in [6.45, 7) is 5.75. The third-order valence-electron chi connectivity index (χ3n) is 1.18. The lowest BCUT2D eigenvalue weighted by Gasteiger charge is -1.99. The van der Waals surface area contributed by atoms with Gasteiger partial charge in [0.25, 0.3) is 0 Å². The number of nitrogens with one attached hydrogen (secondary N) is 1. The molecule has 68 valence electrons. The minimum atomic E-state index is -0.349. The summed E-state index contributed by atoms with van der Waals surface area (Å²) in [6.07, 6.45) is 1.40. The molecule has 1 N–H and O–H groups in total. The van der Waals surface area contributed by atoms with Gasteiger partial charge in [-0.3, -0.25) is 0 Å². The highest BCUT2D eigenvalue weighted by molar-refractivity contribution is 5.20. The fraction of sp³-hybridized carbons (Fsp3) is 0.500. The van der Waals surface area contributed by atoms with Crippen LogP contribution in [0.15, 0.2) is 11.0 Å². The van der Waals surface area contributed by atoms with Gasteiger partial charge in [-0.05, 0) is 6.92 Å². The molecule has 0 saturated heterocycles. The fourth-order valence-electron chi connectivity index (χ4n) is 0.674. The molecule has 0 radical (unpaired) electrons. The Labute approximate surface area is 71.6 Å². The monoisotopic (exact) mass is 170 g/mol. The molecule has 0 amide bonds. The van der Waals surface area contributed by atoms with E-state index in [9.17, 15) is 4.79 Å². The van der Waals surface area contributed by atoms with Crippen LogP contribution in [0.1, 0.15) is 19.5 Å². The maximum Gasteiger partial charge on any atom is 0.345 e. The molecule has 0 aliphatic carbocycles. The molecular formula is C8H14N2O2. The first kappa shape index (κ1) is 10.7. The Morgan fingerprint density at radius 3 is 2.50 bits per heavy atom. The van der Waals surface area contributed by atoms with Crippen LogP contribution in [0.2, 0.25) is 0 Å². The molecule has 0 aliphatic rings. The normalized spacial score (nSPS) is 8.33. The molecular weight excluding hydrogens is 156 g/mol. The van der Waals surface area contributed by atoms with Gasteiger partial charge in [0, 0.05) is 0 Å². The van der Waals surface area contributed by atoms with E-state index in [0.29, 0.717) is 11.4 Å². The molecule has 1 heterocycles. The topological polar surface area (TPSA) is 55.0 Å². The van der Waals surface area contributed by atoms with Crippen molar-refractivity contribution in [1.29, 1.82) is 0 Å². The third-order valence-corrected chi connectivity index (χ3v) is 1.18. The molecule has 0 spiro atoms. The van der Waals surface area contributed by atoms with Crippen LogP contribution >= 0.6 is 0 Å². The third kappa shape index (κ3) is 2.74. The molecule has 0 aliphatic heterocycles. The van der Waals surface area contributed by atoms with Gasteiger partial charge >= 0.3 is 5.69 Å². The van der Waals surface area contributed by atoms with Crippen LogP contribution in [-0.4, -0.2) is 17.1 Å². The Balaban J connectivity index is 0.000000561. The first-order valence-electron chi connectivity index (χ1n) is 3.84. The smallest absolute Gasteiger partial charge is 0.345 e. The molecule has 0 aromatic carbocycles. The summed E-state index contributed by atoms with van der Waals surface area (Å²) >= 11 is 0. The summed E-state index contributed by atoms with van der Waals surface area (Å²) in [4.78, 5) is 16.5. The minimum Gasteiger partial charge on any atom is -0.493 e. The molecule has 1 aromatic rings. The van der Waals surface area contributed by atoms with E-state index in [0.717, 1.165) is 0 Å². The van der Waals surface area contributed by atoms with Gasteiger partial charge in [-0.15, -0.1) is 0 Å². The predicted octanol–water partition coefficient (Wildman–Crippen LogP) is 1.11. The molecule has 0 saturated carbocycles. The van der Waals surface area contributed by atoms with E-state index in [1.807, 2.05) is 13.8 Å². The number of H-pyrrole nitrogens is 1. The fourth-order valence-corrected chi connectivity index (χ4v) is 0.674. The van der Waals surface area contributed by atoms with Gasteiger partial charge in [0.15, 0.2) is 5.75 Å². The molecule has 0 fully saturated rings. The lowest BCUT2D eigenvalue weighted by molar-refractivity contribution is 0.406.